The largest absolute Gasteiger partial charge is 2.00 e. The van der Waals surface area contributed by atoms with Gasteiger partial charge in [-0.05, 0) is 0 Å². The molecule has 0 saturated carbocycles. The van der Waals surface area contributed by atoms with E-state index in [1.807, 2.05) is 13.8 Å². The van der Waals surface area contributed by atoms with Gasteiger partial charge >= 0.3 is 16.8 Å². The van der Waals surface area contributed by atoms with E-state index in [0.29, 0.717) is 31.1 Å². The van der Waals surface area contributed by atoms with Crippen LogP contribution in [0.4, 0.5) is 0 Å². The number of terminal acetylenes is 1. The van der Waals surface area contributed by atoms with Crippen molar-refractivity contribution in [3.05, 3.63) is 0 Å². The van der Waals surface area contributed by atoms with Gasteiger partial charge in [-0.2, -0.15) is 0 Å². The zero-order valence-electron chi connectivity index (χ0n) is 15.6. The molecule has 0 aromatic rings. The molecule has 0 aliphatic rings. The standard InChI is InChI=1S/2C6O6.C5H8.3Co/c2*7-1-3(9)5(11)6(12)4(10)2-8;1-4-5(2)3;;;/h;;1,5H,2-3H3;;;/q2*-2;;;;+2. The summed E-state index contributed by atoms with van der Waals surface area (Å²) in [5.74, 6) is -11.7. The van der Waals surface area contributed by atoms with E-state index in [4.69, 9.17) is 6.42 Å². The minimum Gasteiger partial charge on any atom is -0.415 e. The van der Waals surface area contributed by atoms with Crippen molar-refractivity contribution < 1.29 is 108 Å². The van der Waals surface area contributed by atoms with Gasteiger partial charge in [0.2, 0.25) is 0 Å². The third kappa shape index (κ3) is 19.1. The molecule has 177 valence electrons. The Hall–Kier alpha value is -2.88. The summed E-state index contributed by atoms with van der Waals surface area (Å²) >= 11 is 0. The van der Waals surface area contributed by atoms with Gasteiger partial charge in [0.05, 0.1) is 23.1 Å². The van der Waals surface area contributed by atoms with Crippen LogP contribution >= 0.6 is 0 Å². The summed E-state index contributed by atoms with van der Waals surface area (Å²) in [5.41, 5.74) is 0. The van der Waals surface area contributed by atoms with E-state index in [9.17, 15) is 57.5 Å². The van der Waals surface area contributed by atoms with Crippen LogP contribution in [0.5, 0.6) is 0 Å². The molecular weight excluding hydrogens is 573 g/mol. The molecule has 12 nitrogen and oxygen atoms in total. The Morgan fingerprint density at radius 2 is 0.688 bits per heavy atom. The predicted octanol–water partition coefficient (Wildman–Crippen LogP) is -3.77. The van der Waals surface area contributed by atoms with Crippen molar-refractivity contribution in [2.45, 2.75) is 13.8 Å². The maximum absolute atomic E-state index is 10.3. The normalized spacial score (nSPS) is 7.44. The van der Waals surface area contributed by atoms with Gasteiger partial charge in [-0.25, -0.2) is 0 Å². The monoisotopic (exact) mass is 581 g/mol. The van der Waals surface area contributed by atoms with E-state index in [0.717, 1.165) is 0 Å². The van der Waals surface area contributed by atoms with E-state index in [1.54, 1.807) is 0 Å². The third-order valence-corrected chi connectivity index (χ3v) is 1.94. The number of ketones is 8. The number of rotatable bonds is 10. The van der Waals surface area contributed by atoms with Crippen LogP contribution in [0.3, 0.4) is 0 Å². The van der Waals surface area contributed by atoms with Crippen molar-refractivity contribution in [2.75, 3.05) is 0 Å². The summed E-state index contributed by atoms with van der Waals surface area (Å²) in [5, 5.41) is 0. The van der Waals surface area contributed by atoms with Gasteiger partial charge in [-0.1, -0.05) is 13.8 Å². The van der Waals surface area contributed by atoms with Crippen molar-refractivity contribution in [2.24, 2.45) is 5.92 Å². The number of hydrogen-bond acceptors (Lipinski definition) is 12. The molecular formula is C17H8Co3O12-2. The first-order valence-electron chi connectivity index (χ1n) is 6.68. The first-order valence-corrected chi connectivity index (χ1v) is 6.68. The second-order valence-corrected chi connectivity index (χ2v) is 4.36. The Morgan fingerprint density at radius 3 is 0.750 bits per heavy atom. The van der Waals surface area contributed by atoms with Crippen molar-refractivity contribution in [3.8, 4) is 12.3 Å². The molecule has 0 saturated heterocycles. The average Bonchev–Trinajstić information content (AvgIpc) is 2.75. The topological polar surface area (TPSA) is 205 Å². The Morgan fingerprint density at radius 1 is 0.562 bits per heavy atom. The molecule has 0 heterocycles. The quantitative estimate of drug-likeness (QED) is 0.106. The second kappa shape index (κ2) is 24.4. The molecule has 0 atom stereocenters. The summed E-state index contributed by atoms with van der Waals surface area (Å²) in [6.45, 7) is 3.97. The van der Waals surface area contributed by atoms with Gasteiger partial charge in [-0.15, -0.1) is 12.3 Å². The van der Waals surface area contributed by atoms with Crippen LogP contribution in [0.25, 0.3) is 0 Å². The van der Waals surface area contributed by atoms with Crippen LogP contribution in [-0.2, 0) is 108 Å². The van der Waals surface area contributed by atoms with Crippen molar-refractivity contribution >= 4 is 71.4 Å². The molecule has 0 aromatic heterocycles. The van der Waals surface area contributed by atoms with E-state index >= 15 is 0 Å². The van der Waals surface area contributed by atoms with Gasteiger partial charge in [0.15, 0.2) is 0 Å². The Bertz CT molecular complexity index is 714. The fourth-order valence-electron chi connectivity index (χ4n) is 0.598. The molecule has 0 fully saturated rings. The molecule has 0 spiro atoms. The fourth-order valence-corrected chi connectivity index (χ4v) is 0.598. The molecule has 3 radical (unpaired) electrons. The minimum atomic E-state index is -1.88. The molecule has 0 aliphatic carbocycles. The summed E-state index contributed by atoms with van der Waals surface area (Å²) in [6, 6.07) is 0. The smallest absolute Gasteiger partial charge is 0.415 e. The van der Waals surface area contributed by atoms with E-state index in [-0.39, 0.29) is 50.3 Å². The van der Waals surface area contributed by atoms with E-state index in [1.165, 1.54) is 0 Å². The summed E-state index contributed by atoms with van der Waals surface area (Å²) in [6.07, 6.45) is 7.25. The molecule has 0 unspecified atom stereocenters. The Kier molecular flexibility index (Phi) is 32.8. The van der Waals surface area contributed by atoms with Crippen LogP contribution in [0, 0.1) is 18.3 Å². The molecule has 0 bridgehead atoms. The minimum absolute atomic E-state index is 0. The van der Waals surface area contributed by atoms with E-state index in [2.05, 4.69) is 5.92 Å². The fraction of sp³-hybridized carbons (Fsp3) is 0.176. The van der Waals surface area contributed by atoms with Gasteiger partial charge < -0.3 is 57.5 Å². The molecule has 0 rings (SSSR count). The van der Waals surface area contributed by atoms with Gasteiger partial charge in [-0.3, -0.25) is 0 Å². The summed E-state index contributed by atoms with van der Waals surface area (Å²) in [4.78, 5) is 120. The zero-order valence-corrected chi connectivity index (χ0v) is 18.7. The Balaban J connectivity index is -0.0000000811. The van der Waals surface area contributed by atoms with Crippen LogP contribution < -0.4 is 0 Å². The molecule has 0 N–H and O–H groups in total. The summed E-state index contributed by atoms with van der Waals surface area (Å²) in [7, 11) is 0. The third-order valence-electron chi connectivity index (χ3n) is 1.94. The maximum atomic E-state index is 10.3. The molecule has 15 heteroatoms. The van der Waals surface area contributed by atoms with Gasteiger partial charge in [0, 0.05) is 87.8 Å². The maximum Gasteiger partial charge on any atom is 2.00 e. The zero-order chi connectivity index (χ0) is 23.7. The molecule has 0 aromatic carbocycles. The summed E-state index contributed by atoms with van der Waals surface area (Å²) < 4.78 is 0. The molecule has 0 amide bonds. The predicted molar refractivity (Wildman–Crippen MR) is 86.5 cm³/mol. The van der Waals surface area contributed by atoms with Crippen LogP contribution in [0.15, 0.2) is 0 Å². The number of carbonyl (C=O) groups is 8. The van der Waals surface area contributed by atoms with Crippen LogP contribution in [-0.4, -0.2) is 71.4 Å². The molecule has 0 aliphatic heterocycles. The SMILES string of the molecule is C#CC(C)C.O=[C-]C(=O)C(=O)C(=O)C(=O)[C-]=O.O=[C-]C(=O)C(=O)C(=O)C(=O)[C-]=O.[Co+2].[Co].[Co]. The van der Waals surface area contributed by atoms with Crippen molar-refractivity contribution in [1.82, 2.24) is 0 Å². The number of hydrogen-bond donors (Lipinski definition) is 0. The molecule has 32 heavy (non-hydrogen) atoms. The van der Waals surface area contributed by atoms with Gasteiger partial charge in [0.25, 0.3) is 0 Å². The van der Waals surface area contributed by atoms with Crippen molar-refractivity contribution in [1.29, 1.82) is 0 Å². The van der Waals surface area contributed by atoms with Crippen molar-refractivity contribution in [3.63, 3.8) is 0 Å². The first-order chi connectivity index (χ1) is 13.4. The number of Topliss-reactive ketones (excluding diaryl/α,β-unsaturated/α-hetero) is 8. The van der Waals surface area contributed by atoms with Crippen LogP contribution in [0.1, 0.15) is 13.8 Å². The Labute approximate surface area is 210 Å². The average molecular weight is 581 g/mol. The second-order valence-electron chi connectivity index (χ2n) is 4.36. The van der Waals surface area contributed by atoms with E-state index < -0.39 is 46.3 Å². The van der Waals surface area contributed by atoms with Crippen LogP contribution in [0.2, 0.25) is 0 Å². The van der Waals surface area contributed by atoms with Gasteiger partial charge in [0.1, 0.15) is 0 Å². The first kappa shape index (κ1) is 43.1. The number of carbonyl (C=O) groups excluding carboxylic acids is 12.